The van der Waals surface area contributed by atoms with Crippen LogP contribution in [0.1, 0.15) is 22.7 Å². The Balaban J connectivity index is 2.51. The number of aliphatic hydroxyl groups is 1. The van der Waals surface area contributed by atoms with Crippen LogP contribution in [-0.4, -0.2) is 18.3 Å². The van der Waals surface area contributed by atoms with Gasteiger partial charge in [0.25, 0.3) is 0 Å². The molecule has 0 aliphatic carbocycles. The van der Waals surface area contributed by atoms with Crippen molar-refractivity contribution >= 4 is 0 Å². The van der Waals surface area contributed by atoms with Crippen molar-refractivity contribution in [2.24, 2.45) is 0 Å². The number of benzene rings is 1. The minimum absolute atomic E-state index is 0.0237. The van der Waals surface area contributed by atoms with Gasteiger partial charge in [-0.3, -0.25) is 0 Å². The number of halogens is 1. The van der Waals surface area contributed by atoms with Crippen molar-refractivity contribution < 1.29 is 9.50 Å². The molecule has 0 bridgehead atoms. The van der Waals surface area contributed by atoms with Crippen LogP contribution in [0.3, 0.4) is 0 Å². The molecule has 1 heterocycles. The number of aliphatic hydroxyl groups excluding tert-OH is 1. The summed E-state index contributed by atoms with van der Waals surface area (Å²) in [4.78, 5) is 0. The van der Waals surface area contributed by atoms with Crippen LogP contribution in [0.2, 0.25) is 0 Å². The highest BCUT2D eigenvalue weighted by Crippen LogP contribution is 2.26. The van der Waals surface area contributed by atoms with E-state index in [4.69, 9.17) is 5.11 Å². The zero-order valence-electron chi connectivity index (χ0n) is 8.18. The third-order valence-electron chi connectivity index (χ3n) is 2.80. The van der Waals surface area contributed by atoms with E-state index in [0.29, 0.717) is 0 Å². The fourth-order valence-corrected chi connectivity index (χ4v) is 2.10. The standard InChI is InChI=1S/C11H14FNO/c1-7-4-8(12)5-10-9(7)2-3-13-11(10)6-14/h4-5,11,13-14H,2-3,6H2,1H3. The van der Waals surface area contributed by atoms with E-state index in [1.54, 1.807) is 6.07 Å². The molecule has 1 unspecified atom stereocenters. The number of aryl methyl sites for hydroxylation is 1. The summed E-state index contributed by atoms with van der Waals surface area (Å²) in [5, 5.41) is 12.3. The predicted molar refractivity (Wildman–Crippen MR) is 52.7 cm³/mol. The van der Waals surface area contributed by atoms with E-state index < -0.39 is 0 Å². The van der Waals surface area contributed by atoms with Gasteiger partial charge in [-0.05, 0) is 48.7 Å². The van der Waals surface area contributed by atoms with Crippen LogP contribution in [0.4, 0.5) is 4.39 Å². The quantitative estimate of drug-likeness (QED) is 0.708. The second-order valence-corrected chi connectivity index (χ2v) is 3.73. The molecule has 0 fully saturated rings. The second-order valence-electron chi connectivity index (χ2n) is 3.73. The summed E-state index contributed by atoms with van der Waals surface area (Å²) in [5.41, 5.74) is 3.08. The lowest BCUT2D eigenvalue weighted by Crippen LogP contribution is -2.32. The van der Waals surface area contributed by atoms with Crippen molar-refractivity contribution in [3.63, 3.8) is 0 Å². The van der Waals surface area contributed by atoms with Gasteiger partial charge in [0.05, 0.1) is 12.6 Å². The SMILES string of the molecule is Cc1cc(F)cc2c1CCNC2CO. The van der Waals surface area contributed by atoms with Gasteiger partial charge >= 0.3 is 0 Å². The summed E-state index contributed by atoms with van der Waals surface area (Å²) >= 11 is 0. The number of rotatable bonds is 1. The first-order valence-corrected chi connectivity index (χ1v) is 4.85. The van der Waals surface area contributed by atoms with E-state index in [1.165, 1.54) is 11.6 Å². The zero-order valence-corrected chi connectivity index (χ0v) is 8.18. The Bertz CT molecular complexity index is 351. The van der Waals surface area contributed by atoms with Crippen LogP contribution < -0.4 is 5.32 Å². The molecule has 2 N–H and O–H groups in total. The average Bonchev–Trinajstić information content (AvgIpc) is 2.17. The van der Waals surface area contributed by atoms with Crippen molar-refractivity contribution in [3.8, 4) is 0 Å². The minimum Gasteiger partial charge on any atom is -0.394 e. The Hall–Kier alpha value is -0.930. The molecule has 0 aromatic heterocycles. The van der Waals surface area contributed by atoms with Gasteiger partial charge in [0.1, 0.15) is 5.82 Å². The highest BCUT2D eigenvalue weighted by Gasteiger charge is 2.20. The highest BCUT2D eigenvalue weighted by molar-refractivity contribution is 5.39. The van der Waals surface area contributed by atoms with Crippen LogP contribution in [0.5, 0.6) is 0 Å². The normalized spacial score (nSPS) is 20.6. The molecule has 0 amide bonds. The monoisotopic (exact) mass is 195 g/mol. The molecule has 1 aliphatic rings. The smallest absolute Gasteiger partial charge is 0.123 e. The maximum Gasteiger partial charge on any atom is 0.123 e. The van der Waals surface area contributed by atoms with Gasteiger partial charge in [0.15, 0.2) is 0 Å². The van der Waals surface area contributed by atoms with E-state index in [0.717, 1.165) is 24.1 Å². The molecule has 3 heteroatoms. The van der Waals surface area contributed by atoms with Gasteiger partial charge < -0.3 is 10.4 Å². The maximum atomic E-state index is 13.2. The van der Waals surface area contributed by atoms with Crippen molar-refractivity contribution in [1.82, 2.24) is 5.32 Å². The Morgan fingerprint density at radius 3 is 3.07 bits per heavy atom. The van der Waals surface area contributed by atoms with Gasteiger partial charge in [-0.1, -0.05) is 0 Å². The van der Waals surface area contributed by atoms with Crippen molar-refractivity contribution in [2.45, 2.75) is 19.4 Å². The third-order valence-corrected chi connectivity index (χ3v) is 2.80. The third kappa shape index (κ3) is 1.53. The molecule has 1 atom stereocenters. The summed E-state index contributed by atoms with van der Waals surface area (Å²) in [6.45, 7) is 2.79. The largest absolute Gasteiger partial charge is 0.394 e. The van der Waals surface area contributed by atoms with E-state index in [2.05, 4.69) is 5.32 Å². The van der Waals surface area contributed by atoms with E-state index in [1.807, 2.05) is 6.92 Å². The molecule has 2 nitrogen and oxygen atoms in total. The molecular weight excluding hydrogens is 181 g/mol. The topological polar surface area (TPSA) is 32.3 Å². The summed E-state index contributed by atoms with van der Waals surface area (Å²) in [5.74, 6) is -0.219. The van der Waals surface area contributed by atoms with Gasteiger partial charge in [-0.15, -0.1) is 0 Å². The molecule has 0 spiro atoms. The van der Waals surface area contributed by atoms with Crippen LogP contribution in [0.25, 0.3) is 0 Å². The molecule has 1 aliphatic heterocycles. The van der Waals surface area contributed by atoms with Crippen molar-refractivity contribution in [2.75, 3.05) is 13.2 Å². The highest BCUT2D eigenvalue weighted by atomic mass is 19.1. The number of fused-ring (bicyclic) bond motifs is 1. The number of hydrogen-bond acceptors (Lipinski definition) is 2. The molecule has 0 saturated carbocycles. The summed E-state index contributed by atoms with van der Waals surface area (Å²) in [6, 6.07) is 2.97. The Labute approximate surface area is 82.8 Å². The van der Waals surface area contributed by atoms with Crippen molar-refractivity contribution in [3.05, 3.63) is 34.6 Å². The second kappa shape index (κ2) is 3.67. The molecule has 1 aromatic rings. The molecular formula is C11H14FNO. The maximum absolute atomic E-state index is 13.2. The first-order valence-electron chi connectivity index (χ1n) is 4.85. The Morgan fingerprint density at radius 2 is 2.36 bits per heavy atom. The molecule has 76 valence electrons. The summed E-state index contributed by atoms with van der Waals surface area (Å²) < 4.78 is 13.2. The van der Waals surface area contributed by atoms with E-state index in [9.17, 15) is 4.39 Å². The first-order chi connectivity index (χ1) is 6.72. The zero-order chi connectivity index (χ0) is 10.1. The fourth-order valence-electron chi connectivity index (χ4n) is 2.10. The Kier molecular flexibility index (Phi) is 2.52. The molecule has 0 radical (unpaired) electrons. The molecule has 1 aromatic carbocycles. The lowest BCUT2D eigenvalue weighted by Gasteiger charge is -2.26. The van der Waals surface area contributed by atoms with Crippen LogP contribution in [0.15, 0.2) is 12.1 Å². The molecule has 0 saturated heterocycles. The minimum atomic E-state index is -0.219. The van der Waals surface area contributed by atoms with Crippen molar-refractivity contribution in [1.29, 1.82) is 0 Å². The van der Waals surface area contributed by atoms with Gasteiger partial charge in [-0.2, -0.15) is 0 Å². The first kappa shape index (κ1) is 9.62. The fraction of sp³-hybridized carbons (Fsp3) is 0.455. The lowest BCUT2D eigenvalue weighted by molar-refractivity contribution is 0.239. The van der Waals surface area contributed by atoms with Crippen LogP contribution in [-0.2, 0) is 6.42 Å². The average molecular weight is 195 g/mol. The van der Waals surface area contributed by atoms with Gasteiger partial charge in [0.2, 0.25) is 0 Å². The number of nitrogens with one attached hydrogen (secondary N) is 1. The summed E-state index contributed by atoms with van der Waals surface area (Å²) in [6.07, 6.45) is 0.915. The van der Waals surface area contributed by atoms with Crippen LogP contribution in [0, 0.1) is 12.7 Å². The van der Waals surface area contributed by atoms with Gasteiger partial charge in [-0.25, -0.2) is 4.39 Å². The Morgan fingerprint density at radius 1 is 1.57 bits per heavy atom. The molecule has 14 heavy (non-hydrogen) atoms. The van der Waals surface area contributed by atoms with Crippen LogP contribution >= 0.6 is 0 Å². The number of hydrogen-bond donors (Lipinski definition) is 2. The summed E-state index contributed by atoms with van der Waals surface area (Å²) in [7, 11) is 0. The van der Waals surface area contributed by atoms with E-state index in [-0.39, 0.29) is 18.5 Å². The lowest BCUT2D eigenvalue weighted by atomic mass is 9.91. The predicted octanol–water partition coefficient (Wildman–Crippen LogP) is 1.31. The van der Waals surface area contributed by atoms with E-state index >= 15 is 0 Å². The molecule has 2 rings (SSSR count). The van der Waals surface area contributed by atoms with Gasteiger partial charge in [0, 0.05) is 0 Å².